The molecule has 0 atom stereocenters. The summed E-state index contributed by atoms with van der Waals surface area (Å²) in [6, 6.07) is 9.28. The van der Waals surface area contributed by atoms with Gasteiger partial charge in [-0.25, -0.2) is 9.50 Å². The fraction of sp³-hybridized carbons (Fsp3) is 0.263. The first-order chi connectivity index (χ1) is 12.5. The summed E-state index contributed by atoms with van der Waals surface area (Å²) in [6.07, 6.45) is 2.45. The molecular weight excluding hydrogens is 332 g/mol. The highest BCUT2D eigenvalue weighted by molar-refractivity contribution is 6.08. The summed E-state index contributed by atoms with van der Waals surface area (Å²) < 4.78 is 6.28. The second kappa shape index (κ2) is 7.35. The number of nitrogens with zero attached hydrogens (tertiary/aromatic N) is 3. The molecule has 0 saturated carbocycles. The lowest BCUT2D eigenvalue weighted by molar-refractivity contribution is -0.140. The zero-order valence-corrected chi connectivity index (χ0v) is 14.9. The van der Waals surface area contributed by atoms with Crippen LogP contribution in [0.25, 0.3) is 5.65 Å². The van der Waals surface area contributed by atoms with E-state index in [1.165, 1.54) is 13.3 Å². The lowest BCUT2D eigenvalue weighted by atomic mass is 10.1. The van der Waals surface area contributed by atoms with Crippen molar-refractivity contribution in [1.82, 2.24) is 14.6 Å². The summed E-state index contributed by atoms with van der Waals surface area (Å²) >= 11 is 0. The van der Waals surface area contributed by atoms with E-state index in [0.29, 0.717) is 29.7 Å². The molecule has 0 bridgehead atoms. The Kier molecular flexibility index (Phi) is 4.97. The molecule has 2 heterocycles. The first-order valence-electron chi connectivity index (χ1n) is 8.27. The monoisotopic (exact) mass is 352 g/mol. The molecule has 26 heavy (non-hydrogen) atoms. The molecule has 1 amide bonds. The SMILES string of the molecule is COC(=O)CCc1ccc(NC(=O)c2cnn3c(C)cc(C)nc23)cc1. The van der Waals surface area contributed by atoms with Gasteiger partial charge in [-0.3, -0.25) is 9.59 Å². The third kappa shape index (κ3) is 3.72. The van der Waals surface area contributed by atoms with E-state index in [9.17, 15) is 9.59 Å². The fourth-order valence-electron chi connectivity index (χ4n) is 2.73. The molecule has 0 aliphatic rings. The zero-order chi connectivity index (χ0) is 18.7. The highest BCUT2D eigenvalue weighted by Gasteiger charge is 2.15. The second-order valence-corrected chi connectivity index (χ2v) is 6.06. The Morgan fingerprint density at radius 2 is 1.92 bits per heavy atom. The van der Waals surface area contributed by atoms with Crippen molar-refractivity contribution in [2.75, 3.05) is 12.4 Å². The van der Waals surface area contributed by atoms with Crippen LogP contribution in [-0.4, -0.2) is 33.6 Å². The van der Waals surface area contributed by atoms with Crippen LogP contribution >= 0.6 is 0 Å². The molecule has 0 radical (unpaired) electrons. The lowest BCUT2D eigenvalue weighted by Gasteiger charge is -2.06. The number of anilines is 1. The van der Waals surface area contributed by atoms with E-state index in [2.05, 4.69) is 20.1 Å². The predicted octanol–water partition coefficient (Wildman–Crippen LogP) is 2.70. The molecule has 134 valence electrons. The molecule has 0 unspecified atom stereocenters. The van der Waals surface area contributed by atoms with E-state index < -0.39 is 0 Å². The topological polar surface area (TPSA) is 85.6 Å². The number of hydrogen-bond donors (Lipinski definition) is 1. The van der Waals surface area contributed by atoms with Gasteiger partial charge < -0.3 is 10.1 Å². The second-order valence-electron chi connectivity index (χ2n) is 6.06. The number of esters is 1. The van der Waals surface area contributed by atoms with Gasteiger partial charge in [0.2, 0.25) is 0 Å². The number of carbonyl (C=O) groups excluding carboxylic acids is 2. The Balaban J connectivity index is 1.73. The minimum atomic E-state index is -0.264. The Morgan fingerprint density at radius 1 is 1.19 bits per heavy atom. The maximum absolute atomic E-state index is 12.6. The van der Waals surface area contributed by atoms with E-state index in [1.807, 2.05) is 32.0 Å². The largest absolute Gasteiger partial charge is 0.469 e. The number of methoxy groups -OCH3 is 1. The first kappa shape index (κ1) is 17.6. The quantitative estimate of drug-likeness (QED) is 0.714. The summed E-state index contributed by atoms with van der Waals surface area (Å²) in [5.74, 6) is -0.506. The zero-order valence-electron chi connectivity index (χ0n) is 14.9. The molecule has 7 heteroatoms. The maximum atomic E-state index is 12.6. The molecule has 0 spiro atoms. The van der Waals surface area contributed by atoms with Crippen molar-refractivity contribution in [2.45, 2.75) is 26.7 Å². The molecule has 2 aromatic heterocycles. The van der Waals surface area contributed by atoms with Crippen molar-refractivity contribution in [3.8, 4) is 0 Å². The Labute approximate surface area is 151 Å². The van der Waals surface area contributed by atoms with Gasteiger partial charge in [-0.2, -0.15) is 5.10 Å². The molecule has 1 aromatic carbocycles. The van der Waals surface area contributed by atoms with Crippen LogP contribution in [0.15, 0.2) is 36.5 Å². The van der Waals surface area contributed by atoms with E-state index in [1.54, 1.807) is 16.6 Å². The van der Waals surface area contributed by atoms with Crippen LogP contribution in [0.3, 0.4) is 0 Å². The molecule has 0 fully saturated rings. The van der Waals surface area contributed by atoms with Crippen molar-refractivity contribution < 1.29 is 14.3 Å². The number of ether oxygens (including phenoxy) is 1. The van der Waals surface area contributed by atoms with Crippen molar-refractivity contribution in [1.29, 1.82) is 0 Å². The van der Waals surface area contributed by atoms with Crippen molar-refractivity contribution >= 4 is 23.2 Å². The first-order valence-corrected chi connectivity index (χ1v) is 8.27. The van der Waals surface area contributed by atoms with Gasteiger partial charge in [-0.15, -0.1) is 0 Å². The van der Waals surface area contributed by atoms with E-state index in [-0.39, 0.29) is 11.9 Å². The van der Waals surface area contributed by atoms with Gasteiger partial charge in [0.15, 0.2) is 5.65 Å². The van der Waals surface area contributed by atoms with E-state index >= 15 is 0 Å². The number of carbonyl (C=O) groups is 2. The summed E-state index contributed by atoms with van der Waals surface area (Å²) in [5, 5.41) is 7.09. The van der Waals surface area contributed by atoms with E-state index in [0.717, 1.165) is 17.0 Å². The van der Waals surface area contributed by atoms with Gasteiger partial charge in [-0.05, 0) is 44.0 Å². The lowest BCUT2D eigenvalue weighted by Crippen LogP contribution is -2.12. The summed E-state index contributed by atoms with van der Waals surface area (Å²) in [5.41, 5.74) is 4.38. The van der Waals surface area contributed by atoms with Crippen LogP contribution in [0.1, 0.15) is 33.7 Å². The standard InChI is InChI=1S/C19H20N4O3/c1-12-10-13(2)23-18(21-12)16(11-20-23)19(25)22-15-7-4-14(5-8-15)6-9-17(24)26-3/h4-5,7-8,10-11H,6,9H2,1-3H3,(H,22,25). The van der Waals surface area contributed by atoms with Crippen LogP contribution in [0.2, 0.25) is 0 Å². The third-order valence-electron chi connectivity index (χ3n) is 4.08. The normalized spacial score (nSPS) is 10.7. The average Bonchev–Trinajstić information content (AvgIpc) is 3.05. The van der Waals surface area contributed by atoms with Gasteiger partial charge in [0.05, 0.1) is 13.3 Å². The number of amides is 1. The number of fused-ring (bicyclic) bond motifs is 1. The minimum Gasteiger partial charge on any atom is -0.469 e. The number of aromatic nitrogens is 3. The minimum absolute atomic E-state index is 0.242. The van der Waals surface area contributed by atoms with Gasteiger partial charge >= 0.3 is 5.97 Å². The summed E-state index contributed by atoms with van der Waals surface area (Å²) in [6.45, 7) is 3.80. The Hall–Kier alpha value is -3.22. The smallest absolute Gasteiger partial charge is 0.305 e. The molecule has 3 rings (SSSR count). The number of nitrogens with one attached hydrogen (secondary N) is 1. The molecule has 0 aliphatic carbocycles. The van der Waals surface area contributed by atoms with Crippen LogP contribution < -0.4 is 5.32 Å². The van der Waals surface area contributed by atoms with Crippen LogP contribution in [0.4, 0.5) is 5.69 Å². The Morgan fingerprint density at radius 3 is 2.62 bits per heavy atom. The predicted molar refractivity (Wildman–Crippen MR) is 97.2 cm³/mol. The summed E-state index contributed by atoms with van der Waals surface area (Å²) in [4.78, 5) is 28.2. The van der Waals surface area contributed by atoms with Crippen LogP contribution in [-0.2, 0) is 16.0 Å². The van der Waals surface area contributed by atoms with Gasteiger partial charge in [0.25, 0.3) is 5.91 Å². The van der Waals surface area contributed by atoms with Crippen LogP contribution in [0, 0.1) is 13.8 Å². The molecule has 0 saturated heterocycles. The van der Waals surface area contributed by atoms with Gasteiger partial charge in [0, 0.05) is 23.5 Å². The Bertz CT molecular complexity index is 961. The fourth-order valence-corrected chi connectivity index (χ4v) is 2.73. The maximum Gasteiger partial charge on any atom is 0.305 e. The number of benzene rings is 1. The number of hydrogen-bond acceptors (Lipinski definition) is 5. The molecule has 7 nitrogen and oxygen atoms in total. The molecule has 1 N–H and O–H groups in total. The van der Waals surface area contributed by atoms with Crippen molar-refractivity contribution in [3.63, 3.8) is 0 Å². The molecular formula is C19H20N4O3. The summed E-state index contributed by atoms with van der Waals surface area (Å²) in [7, 11) is 1.37. The van der Waals surface area contributed by atoms with E-state index in [4.69, 9.17) is 0 Å². The van der Waals surface area contributed by atoms with Gasteiger partial charge in [-0.1, -0.05) is 12.1 Å². The van der Waals surface area contributed by atoms with Gasteiger partial charge in [0.1, 0.15) is 5.56 Å². The number of aryl methyl sites for hydroxylation is 3. The highest BCUT2D eigenvalue weighted by Crippen LogP contribution is 2.16. The number of rotatable bonds is 5. The third-order valence-corrected chi connectivity index (χ3v) is 4.08. The molecule has 0 aliphatic heterocycles. The van der Waals surface area contributed by atoms with Crippen molar-refractivity contribution in [3.05, 3.63) is 59.0 Å². The molecule has 3 aromatic rings. The van der Waals surface area contributed by atoms with Crippen LogP contribution in [0.5, 0.6) is 0 Å². The van der Waals surface area contributed by atoms with Crippen molar-refractivity contribution in [2.24, 2.45) is 0 Å². The highest BCUT2D eigenvalue weighted by atomic mass is 16.5. The average molecular weight is 352 g/mol.